The summed E-state index contributed by atoms with van der Waals surface area (Å²) in [5.74, 6) is -2.13. The van der Waals surface area contributed by atoms with Gasteiger partial charge in [0.15, 0.2) is 11.5 Å². The Balaban J connectivity index is 2.94. The number of carbonyl (C=O) groups excluding carboxylic acids is 4. The van der Waals surface area contributed by atoms with Crippen LogP contribution >= 0.6 is 0 Å². The van der Waals surface area contributed by atoms with E-state index in [9.17, 15) is 19.2 Å². The van der Waals surface area contributed by atoms with Gasteiger partial charge in [-0.3, -0.25) is 19.2 Å². The monoisotopic (exact) mass is 507 g/mol. The first kappa shape index (κ1) is 31.1. The average Bonchev–Trinajstić information content (AvgIpc) is 2.76. The van der Waals surface area contributed by atoms with Gasteiger partial charge in [0.25, 0.3) is 0 Å². The van der Waals surface area contributed by atoms with Crippen molar-refractivity contribution in [2.24, 2.45) is 22.5 Å². The summed E-state index contributed by atoms with van der Waals surface area (Å²) >= 11 is 0. The smallest absolute Gasteiger partial charge is 0.323 e. The second-order valence-corrected chi connectivity index (χ2v) is 11.1. The van der Waals surface area contributed by atoms with E-state index < -0.39 is 40.9 Å². The molecule has 36 heavy (non-hydrogen) atoms. The van der Waals surface area contributed by atoms with Gasteiger partial charge in [-0.1, -0.05) is 19.9 Å². The quantitative estimate of drug-likeness (QED) is 0.369. The van der Waals surface area contributed by atoms with E-state index in [0.717, 1.165) is 0 Å². The summed E-state index contributed by atoms with van der Waals surface area (Å²) in [5.41, 5.74) is 5.04. The van der Waals surface area contributed by atoms with Crippen LogP contribution in [0.2, 0.25) is 0 Å². The van der Waals surface area contributed by atoms with Crippen molar-refractivity contribution in [3.05, 3.63) is 23.8 Å². The van der Waals surface area contributed by atoms with E-state index in [0.29, 0.717) is 12.0 Å². The van der Waals surface area contributed by atoms with Gasteiger partial charge in [0, 0.05) is 0 Å². The van der Waals surface area contributed by atoms with E-state index in [4.69, 9.17) is 24.7 Å². The van der Waals surface area contributed by atoms with Crippen LogP contribution in [0.15, 0.2) is 18.2 Å². The predicted octanol–water partition coefficient (Wildman–Crippen LogP) is 3.98. The number of hydrogen-bond acceptors (Lipinski definition) is 9. The molecule has 0 spiro atoms. The number of nitrogens with two attached hydrogens (primary N) is 1. The lowest BCUT2D eigenvalue weighted by Crippen LogP contribution is -2.36. The average molecular weight is 508 g/mol. The molecule has 0 amide bonds. The van der Waals surface area contributed by atoms with Crippen LogP contribution in [0.1, 0.15) is 74.3 Å². The van der Waals surface area contributed by atoms with Crippen molar-refractivity contribution in [2.75, 3.05) is 6.61 Å². The number of esters is 4. The molecule has 2 N–H and O–H groups in total. The van der Waals surface area contributed by atoms with E-state index in [2.05, 4.69) is 0 Å². The lowest BCUT2D eigenvalue weighted by atomic mass is 9.97. The first-order chi connectivity index (χ1) is 16.4. The maximum atomic E-state index is 12.5. The Morgan fingerprint density at radius 1 is 0.861 bits per heavy atom. The molecule has 0 aromatic heterocycles. The number of rotatable bonds is 10. The van der Waals surface area contributed by atoms with Gasteiger partial charge in [0.1, 0.15) is 18.8 Å². The van der Waals surface area contributed by atoms with Crippen LogP contribution < -0.4 is 15.2 Å². The zero-order chi connectivity index (χ0) is 27.8. The third-order valence-electron chi connectivity index (χ3n) is 5.19. The second-order valence-electron chi connectivity index (χ2n) is 11.1. The summed E-state index contributed by atoms with van der Waals surface area (Å²) in [4.78, 5) is 49.2. The molecule has 1 rings (SSSR count). The summed E-state index contributed by atoms with van der Waals surface area (Å²) in [7, 11) is 0. The third kappa shape index (κ3) is 9.97. The van der Waals surface area contributed by atoms with Crippen LogP contribution in [0.3, 0.4) is 0 Å². The second kappa shape index (κ2) is 12.9. The molecule has 0 heterocycles. The molecule has 3 atom stereocenters. The molecule has 9 nitrogen and oxygen atoms in total. The van der Waals surface area contributed by atoms with E-state index in [1.165, 1.54) is 12.1 Å². The highest BCUT2D eigenvalue weighted by molar-refractivity contribution is 5.81. The summed E-state index contributed by atoms with van der Waals surface area (Å²) in [6.45, 7) is 15.4. The summed E-state index contributed by atoms with van der Waals surface area (Å²) in [6.07, 6.45) is 0.119. The minimum Gasteiger partial charge on any atom is -0.461 e. The Kier molecular flexibility index (Phi) is 11.1. The van der Waals surface area contributed by atoms with Gasteiger partial charge >= 0.3 is 23.9 Å². The number of carbonyl (C=O) groups is 4. The van der Waals surface area contributed by atoms with Gasteiger partial charge in [-0.25, -0.2) is 0 Å². The molecule has 1 aromatic carbocycles. The van der Waals surface area contributed by atoms with Crippen molar-refractivity contribution in [1.29, 1.82) is 0 Å². The molecule has 0 fully saturated rings. The molecule has 0 bridgehead atoms. The van der Waals surface area contributed by atoms with Gasteiger partial charge in [-0.05, 0) is 79.0 Å². The molecule has 1 aromatic rings. The number of benzene rings is 1. The number of hydrogen-bond donors (Lipinski definition) is 1. The Bertz CT molecular complexity index is 942. The maximum Gasteiger partial charge on any atom is 0.323 e. The Labute approximate surface area is 214 Å². The zero-order valence-electron chi connectivity index (χ0n) is 22.9. The maximum absolute atomic E-state index is 12.5. The van der Waals surface area contributed by atoms with E-state index in [1.54, 1.807) is 61.5 Å². The first-order valence-electron chi connectivity index (χ1n) is 12.2. The fraction of sp³-hybridized carbons (Fsp3) is 0.630. The van der Waals surface area contributed by atoms with Crippen LogP contribution in [0.25, 0.3) is 0 Å². The van der Waals surface area contributed by atoms with E-state index in [-0.39, 0.29) is 36.4 Å². The molecule has 9 heteroatoms. The van der Waals surface area contributed by atoms with Crippen molar-refractivity contribution in [1.82, 2.24) is 0 Å². The molecule has 0 saturated carbocycles. The fourth-order valence-electron chi connectivity index (χ4n) is 2.51. The van der Waals surface area contributed by atoms with Gasteiger partial charge in [0.2, 0.25) is 0 Å². The molecule has 1 unspecified atom stereocenters. The normalized spacial score (nSPS) is 14.3. The van der Waals surface area contributed by atoms with Gasteiger partial charge in [-0.15, -0.1) is 0 Å². The fourth-order valence-corrected chi connectivity index (χ4v) is 2.51. The van der Waals surface area contributed by atoms with Crippen molar-refractivity contribution in [2.45, 2.75) is 87.3 Å². The number of ether oxygens (including phenoxy) is 4. The van der Waals surface area contributed by atoms with Crippen LogP contribution in [0.5, 0.6) is 11.5 Å². The van der Waals surface area contributed by atoms with Gasteiger partial charge < -0.3 is 24.7 Å². The van der Waals surface area contributed by atoms with Crippen LogP contribution in [-0.4, -0.2) is 42.6 Å². The van der Waals surface area contributed by atoms with E-state index >= 15 is 0 Å². The van der Waals surface area contributed by atoms with Crippen LogP contribution in [0.4, 0.5) is 0 Å². The van der Waals surface area contributed by atoms with Crippen molar-refractivity contribution in [3.8, 4) is 11.5 Å². The summed E-state index contributed by atoms with van der Waals surface area (Å²) < 4.78 is 21.5. The van der Waals surface area contributed by atoms with Crippen molar-refractivity contribution < 1.29 is 38.1 Å². The molecular weight excluding hydrogens is 466 g/mol. The lowest BCUT2D eigenvalue weighted by Gasteiger charge is -2.21. The first-order valence-corrected chi connectivity index (χ1v) is 12.2. The Hall–Kier alpha value is -2.94. The molecule has 202 valence electrons. The largest absolute Gasteiger partial charge is 0.461 e. The standard InChI is InChI=1S/C27H41NO8/c1-10-16(2)22(29)34-17(3)15-33-23(30)19(28)13-18-11-12-20(35-24(31)26(4,5)6)21(14-18)36-25(32)27(7,8)9/h11-12,14,16-17,19H,10,13,15,28H2,1-9H3/t16?,17-,19-/m0/s1. The van der Waals surface area contributed by atoms with Crippen LogP contribution in [0, 0.1) is 16.7 Å². The molecule has 0 aliphatic carbocycles. The lowest BCUT2D eigenvalue weighted by molar-refractivity contribution is -0.161. The molecule has 0 saturated heterocycles. The Morgan fingerprint density at radius 3 is 1.89 bits per heavy atom. The van der Waals surface area contributed by atoms with Gasteiger partial charge in [0.05, 0.1) is 16.7 Å². The molecule has 0 aliphatic heterocycles. The molecular formula is C27H41NO8. The van der Waals surface area contributed by atoms with Crippen molar-refractivity contribution in [3.63, 3.8) is 0 Å². The van der Waals surface area contributed by atoms with Crippen molar-refractivity contribution >= 4 is 23.9 Å². The van der Waals surface area contributed by atoms with Gasteiger partial charge in [-0.2, -0.15) is 0 Å². The minimum atomic E-state index is -1.02. The predicted molar refractivity (Wildman–Crippen MR) is 134 cm³/mol. The van der Waals surface area contributed by atoms with E-state index in [1.807, 2.05) is 6.92 Å². The highest BCUT2D eigenvalue weighted by Crippen LogP contribution is 2.33. The molecule has 0 radical (unpaired) electrons. The Morgan fingerprint density at radius 2 is 1.39 bits per heavy atom. The summed E-state index contributed by atoms with van der Waals surface area (Å²) in [6, 6.07) is 3.62. The zero-order valence-corrected chi connectivity index (χ0v) is 22.9. The van der Waals surface area contributed by atoms with Crippen LogP contribution in [-0.2, 0) is 35.1 Å². The highest BCUT2D eigenvalue weighted by atomic mass is 16.6. The third-order valence-corrected chi connectivity index (χ3v) is 5.19. The summed E-state index contributed by atoms with van der Waals surface area (Å²) in [5, 5.41) is 0. The molecule has 0 aliphatic rings. The highest BCUT2D eigenvalue weighted by Gasteiger charge is 2.29. The minimum absolute atomic E-state index is 0.0520. The topological polar surface area (TPSA) is 131 Å². The SMILES string of the molecule is CCC(C)C(=O)O[C@@H](C)COC(=O)[C@@H](N)Cc1ccc(OC(=O)C(C)(C)C)c(OC(=O)C(C)(C)C)c1.